The predicted octanol–water partition coefficient (Wildman–Crippen LogP) is -0.436. The lowest BCUT2D eigenvalue weighted by Gasteiger charge is -2.00. The molecule has 0 atom stereocenters. The van der Waals surface area contributed by atoms with Crippen molar-refractivity contribution in [2.24, 2.45) is 5.73 Å². The first-order valence-electron chi connectivity index (χ1n) is 3.55. The number of aliphatic hydroxyl groups is 1. The van der Waals surface area contributed by atoms with E-state index in [9.17, 15) is 4.79 Å². The highest BCUT2D eigenvalue weighted by atomic mass is 16.5. The molecule has 0 radical (unpaired) electrons. The minimum Gasteiger partial charge on any atom is -0.441 e. The van der Waals surface area contributed by atoms with Crippen molar-refractivity contribution in [3.05, 3.63) is 23.8 Å². The summed E-state index contributed by atoms with van der Waals surface area (Å²) in [4.78, 5) is 17.8. The molecular weight excluding hydrogens is 174 g/mol. The Morgan fingerprint density at radius 3 is 2.62 bits per heavy atom. The number of nitrogens with zero attached hydrogens (tertiary/aromatic N) is 2. The number of ether oxygens (including phenoxy) is 1. The van der Waals surface area contributed by atoms with Crippen molar-refractivity contribution >= 4 is 6.09 Å². The monoisotopic (exact) mass is 183 g/mol. The highest BCUT2D eigenvalue weighted by Gasteiger charge is 1.99. The summed E-state index contributed by atoms with van der Waals surface area (Å²) in [5.41, 5.74) is 5.34. The Balaban J connectivity index is 2.54. The highest BCUT2D eigenvalue weighted by molar-refractivity contribution is 5.64. The van der Waals surface area contributed by atoms with E-state index in [4.69, 9.17) is 10.8 Å². The Bertz CT molecular complexity index is 286. The molecule has 3 N–H and O–H groups in total. The van der Waals surface area contributed by atoms with E-state index in [-0.39, 0.29) is 13.2 Å². The first-order valence-corrected chi connectivity index (χ1v) is 3.55. The van der Waals surface area contributed by atoms with Gasteiger partial charge in [0.15, 0.2) is 12.4 Å². The van der Waals surface area contributed by atoms with E-state index in [1.807, 2.05) is 0 Å². The van der Waals surface area contributed by atoms with E-state index >= 15 is 0 Å². The van der Waals surface area contributed by atoms with Crippen LogP contribution >= 0.6 is 0 Å². The summed E-state index contributed by atoms with van der Waals surface area (Å²) in [6.45, 7) is -0.169. The van der Waals surface area contributed by atoms with Crippen molar-refractivity contribution in [3.63, 3.8) is 0 Å². The quantitative estimate of drug-likeness (QED) is 0.662. The van der Waals surface area contributed by atoms with Crippen molar-refractivity contribution in [3.8, 4) is 0 Å². The van der Waals surface area contributed by atoms with Gasteiger partial charge >= 0.3 is 6.09 Å². The molecule has 0 saturated heterocycles. The van der Waals surface area contributed by atoms with E-state index in [2.05, 4.69) is 14.7 Å². The Morgan fingerprint density at radius 2 is 2.15 bits per heavy atom. The van der Waals surface area contributed by atoms with Gasteiger partial charge in [0.2, 0.25) is 0 Å². The summed E-state index contributed by atoms with van der Waals surface area (Å²) in [7, 11) is 0. The van der Waals surface area contributed by atoms with Crippen molar-refractivity contribution in [2.45, 2.75) is 13.2 Å². The molecule has 0 aromatic carbocycles. The molecule has 70 valence electrons. The molecule has 1 heterocycles. The van der Waals surface area contributed by atoms with Gasteiger partial charge in [-0.1, -0.05) is 0 Å². The molecule has 0 saturated carbocycles. The third kappa shape index (κ3) is 3.04. The van der Waals surface area contributed by atoms with Crippen molar-refractivity contribution in [2.75, 3.05) is 0 Å². The van der Waals surface area contributed by atoms with Gasteiger partial charge in [-0.15, -0.1) is 0 Å². The van der Waals surface area contributed by atoms with Crippen LogP contribution in [0.1, 0.15) is 11.4 Å². The van der Waals surface area contributed by atoms with E-state index < -0.39 is 6.09 Å². The average molecular weight is 183 g/mol. The smallest absolute Gasteiger partial charge is 0.404 e. The molecule has 1 rings (SSSR count). The third-order valence-corrected chi connectivity index (χ3v) is 1.28. The second-order valence-electron chi connectivity index (χ2n) is 2.27. The van der Waals surface area contributed by atoms with E-state index in [0.29, 0.717) is 11.4 Å². The van der Waals surface area contributed by atoms with Crippen LogP contribution in [-0.4, -0.2) is 21.2 Å². The first-order chi connectivity index (χ1) is 6.22. The van der Waals surface area contributed by atoms with Crippen LogP contribution < -0.4 is 5.73 Å². The number of hydrogen-bond acceptors (Lipinski definition) is 5. The zero-order chi connectivity index (χ0) is 9.68. The number of carbonyl (C=O) groups excluding carboxylic acids is 1. The largest absolute Gasteiger partial charge is 0.441 e. The number of primary amides is 1. The normalized spacial score (nSPS) is 9.62. The molecule has 0 bridgehead atoms. The van der Waals surface area contributed by atoms with E-state index in [1.165, 1.54) is 12.4 Å². The van der Waals surface area contributed by atoms with Gasteiger partial charge < -0.3 is 15.6 Å². The van der Waals surface area contributed by atoms with Gasteiger partial charge in [0, 0.05) is 18.0 Å². The molecule has 0 unspecified atom stereocenters. The highest BCUT2D eigenvalue weighted by Crippen LogP contribution is 1.96. The number of amides is 1. The molecule has 6 heteroatoms. The second-order valence-corrected chi connectivity index (χ2v) is 2.27. The molecule has 0 aliphatic heterocycles. The number of nitrogens with two attached hydrogens (primary N) is 1. The molecule has 1 amide bonds. The maximum atomic E-state index is 10.2. The molecule has 0 aliphatic carbocycles. The minimum atomic E-state index is -0.866. The van der Waals surface area contributed by atoms with Crippen molar-refractivity contribution in [1.82, 2.24) is 9.97 Å². The van der Waals surface area contributed by atoms with Crippen LogP contribution in [0.4, 0.5) is 4.79 Å². The Morgan fingerprint density at radius 1 is 1.54 bits per heavy atom. The number of aromatic nitrogens is 2. The zero-order valence-electron chi connectivity index (χ0n) is 6.80. The van der Waals surface area contributed by atoms with Crippen molar-refractivity contribution in [1.29, 1.82) is 0 Å². The fraction of sp³-hybridized carbons (Fsp3) is 0.286. The second kappa shape index (κ2) is 4.36. The van der Waals surface area contributed by atoms with E-state index in [0.717, 1.165) is 0 Å². The Kier molecular flexibility index (Phi) is 3.15. The average Bonchev–Trinajstić information content (AvgIpc) is 2.15. The summed E-state index contributed by atoms with van der Waals surface area (Å²) in [5.74, 6) is 0.344. The van der Waals surface area contributed by atoms with Crippen LogP contribution in [0.25, 0.3) is 0 Å². The Hall–Kier alpha value is -1.69. The minimum absolute atomic E-state index is 0.0545. The molecule has 1 aromatic heterocycles. The first kappa shape index (κ1) is 9.40. The maximum Gasteiger partial charge on any atom is 0.404 e. The SMILES string of the molecule is NC(=O)OCc1ncc(CO)cn1. The lowest BCUT2D eigenvalue weighted by atomic mass is 10.4. The van der Waals surface area contributed by atoms with Crippen LogP contribution in [0.3, 0.4) is 0 Å². The van der Waals surface area contributed by atoms with Gasteiger partial charge in [-0.2, -0.15) is 0 Å². The zero-order valence-corrected chi connectivity index (χ0v) is 6.80. The number of hydrogen-bond donors (Lipinski definition) is 2. The fourth-order valence-corrected chi connectivity index (χ4v) is 0.673. The van der Waals surface area contributed by atoms with Gasteiger partial charge in [-0.3, -0.25) is 0 Å². The van der Waals surface area contributed by atoms with Gasteiger partial charge in [-0.25, -0.2) is 14.8 Å². The number of rotatable bonds is 3. The Labute approximate surface area is 74.4 Å². The lowest BCUT2D eigenvalue weighted by molar-refractivity contribution is 0.147. The van der Waals surface area contributed by atoms with Crippen LogP contribution in [-0.2, 0) is 18.0 Å². The lowest BCUT2D eigenvalue weighted by Crippen LogP contribution is -2.13. The van der Waals surface area contributed by atoms with Gasteiger partial charge in [0.25, 0.3) is 0 Å². The number of carbonyl (C=O) groups is 1. The molecule has 6 nitrogen and oxygen atoms in total. The summed E-state index contributed by atoms with van der Waals surface area (Å²) in [5, 5.41) is 8.66. The molecule has 0 aliphatic rings. The van der Waals surface area contributed by atoms with Gasteiger partial charge in [0.1, 0.15) is 0 Å². The standard InChI is InChI=1S/C7H9N3O3/c8-7(12)13-4-6-9-1-5(3-11)2-10-6/h1-2,11H,3-4H2,(H2,8,12). The third-order valence-electron chi connectivity index (χ3n) is 1.28. The van der Waals surface area contributed by atoms with Crippen LogP contribution in [0, 0.1) is 0 Å². The molecular formula is C7H9N3O3. The topological polar surface area (TPSA) is 98.3 Å². The number of aliphatic hydroxyl groups excluding tert-OH is 1. The maximum absolute atomic E-state index is 10.2. The fourth-order valence-electron chi connectivity index (χ4n) is 0.673. The van der Waals surface area contributed by atoms with Crippen LogP contribution in [0.5, 0.6) is 0 Å². The predicted molar refractivity (Wildman–Crippen MR) is 42.3 cm³/mol. The molecule has 0 spiro atoms. The van der Waals surface area contributed by atoms with Crippen LogP contribution in [0.2, 0.25) is 0 Å². The van der Waals surface area contributed by atoms with Crippen LogP contribution in [0.15, 0.2) is 12.4 Å². The molecule has 13 heavy (non-hydrogen) atoms. The summed E-state index contributed by atoms with van der Waals surface area (Å²) in [6, 6.07) is 0. The van der Waals surface area contributed by atoms with Crippen molar-refractivity contribution < 1.29 is 14.6 Å². The molecule has 1 aromatic rings. The molecule has 0 fully saturated rings. The van der Waals surface area contributed by atoms with E-state index in [1.54, 1.807) is 0 Å². The summed E-state index contributed by atoms with van der Waals surface area (Å²) >= 11 is 0. The van der Waals surface area contributed by atoms with Gasteiger partial charge in [0.05, 0.1) is 6.61 Å². The van der Waals surface area contributed by atoms with Gasteiger partial charge in [-0.05, 0) is 0 Å². The summed E-state index contributed by atoms with van der Waals surface area (Å²) < 4.78 is 4.45. The summed E-state index contributed by atoms with van der Waals surface area (Å²) in [6.07, 6.45) is 2.04.